The molecular formula is C17H17N3O2S. The Morgan fingerprint density at radius 3 is 2.65 bits per heavy atom. The molecule has 2 aromatic carbocycles. The molecule has 0 saturated heterocycles. The molecule has 0 aliphatic carbocycles. The van der Waals surface area contributed by atoms with E-state index < -0.39 is 0 Å². The molecule has 1 N–H and O–H groups in total. The number of aromatic nitrogens is 2. The number of carbonyl (C=O) groups excluding carboxylic acids is 1. The Balaban J connectivity index is 1.76. The lowest BCUT2D eigenvalue weighted by Gasteiger charge is -2.10. The standard InChI is InChI=1S/C17H17N3O2S/c1-11-19-20-16(23-11)9-10-18-17(21)14-7-8-15(22-2)13-6-4-3-5-12(13)14/h3-8H,9-10H2,1-2H3,(H,18,21). The molecule has 3 rings (SSSR count). The molecular weight excluding hydrogens is 310 g/mol. The second-order valence-corrected chi connectivity index (χ2v) is 6.35. The summed E-state index contributed by atoms with van der Waals surface area (Å²) in [6, 6.07) is 11.4. The predicted octanol–water partition coefficient (Wildman–Crippen LogP) is 2.98. The van der Waals surface area contributed by atoms with Crippen LogP contribution in [0.5, 0.6) is 5.75 Å². The Kier molecular flexibility index (Phi) is 4.52. The number of aryl methyl sites for hydroxylation is 1. The van der Waals surface area contributed by atoms with E-state index in [1.807, 2.05) is 37.3 Å². The van der Waals surface area contributed by atoms with Gasteiger partial charge in [0.1, 0.15) is 15.8 Å². The molecule has 0 unspecified atom stereocenters. The average Bonchev–Trinajstić information content (AvgIpc) is 2.99. The summed E-state index contributed by atoms with van der Waals surface area (Å²) in [4.78, 5) is 12.5. The van der Waals surface area contributed by atoms with Crippen LogP contribution in [-0.4, -0.2) is 29.8 Å². The topological polar surface area (TPSA) is 64.1 Å². The van der Waals surface area contributed by atoms with Gasteiger partial charge in [-0.3, -0.25) is 4.79 Å². The number of carbonyl (C=O) groups is 1. The van der Waals surface area contributed by atoms with Gasteiger partial charge in [0.15, 0.2) is 0 Å². The minimum absolute atomic E-state index is 0.0925. The van der Waals surface area contributed by atoms with E-state index in [1.54, 1.807) is 24.5 Å². The third-order valence-corrected chi connectivity index (χ3v) is 4.44. The van der Waals surface area contributed by atoms with Crippen molar-refractivity contribution in [3.63, 3.8) is 0 Å². The molecule has 0 fully saturated rings. The molecule has 5 nitrogen and oxygen atoms in total. The normalized spacial score (nSPS) is 10.7. The van der Waals surface area contributed by atoms with Crippen molar-refractivity contribution in [2.75, 3.05) is 13.7 Å². The fourth-order valence-corrected chi connectivity index (χ4v) is 3.17. The van der Waals surface area contributed by atoms with Gasteiger partial charge in [-0.2, -0.15) is 0 Å². The minimum Gasteiger partial charge on any atom is -0.496 e. The van der Waals surface area contributed by atoms with Crippen molar-refractivity contribution in [2.24, 2.45) is 0 Å². The number of benzene rings is 2. The smallest absolute Gasteiger partial charge is 0.251 e. The molecule has 0 bridgehead atoms. The molecule has 0 saturated carbocycles. The summed E-state index contributed by atoms with van der Waals surface area (Å²) in [7, 11) is 1.63. The van der Waals surface area contributed by atoms with Crippen LogP contribution in [-0.2, 0) is 6.42 Å². The molecule has 1 heterocycles. The molecule has 118 valence electrons. The number of methoxy groups -OCH3 is 1. The van der Waals surface area contributed by atoms with Crippen molar-refractivity contribution < 1.29 is 9.53 Å². The van der Waals surface area contributed by atoms with Crippen LogP contribution in [0.15, 0.2) is 36.4 Å². The summed E-state index contributed by atoms with van der Waals surface area (Å²) < 4.78 is 5.36. The summed E-state index contributed by atoms with van der Waals surface area (Å²) in [5.41, 5.74) is 0.648. The Morgan fingerprint density at radius 2 is 1.96 bits per heavy atom. The fraction of sp³-hybridized carbons (Fsp3) is 0.235. The van der Waals surface area contributed by atoms with E-state index in [9.17, 15) is 4.79 Å². The quantitative estimate of drug-likeness (QED) is 0.782. The second kappa shape index (κ2) is 6.75. The first-order valence-corrected chi connectivity index (χ1v) is 8.13. The monoisotopic (exact) mass is 327 g/mol. The largest absolute Gasteiger partial charge is 0.496 e. The number of amides is 1. The van der Waals surface area contributed by atoms with E-state index in [1.165, 1.54) is 0 Å². The van der Waals surface area contributed by atoms with Crippen molar-refractivity contribution >= 4 is 28.0 Å². The van der Waals surface area contributed by atoms with Crippen LogP contribution in [0.3, 0.4) is 0 Å². The van der Waals surface area contributed by atoms with Crippen LogP contribution >= 0.6 is 11.3 Å². The van der Waals surface area contributed by atoms with Gasteiger partial charge in [0.25, 0.3) is 5.91 Å². The number of nitrogens with zero attached hydrogens (tertiary/aromatic N) is 2. The van der Waals surface area contributed by atoms with E-state index in [0.717, 1.165) is 26.5 Å². The Morgan fingerprint density at radius 1 is 1.17 bits per heavy atom. The fourth-order valence-electron chi connectivity index (χ4n) is 2.46. The van der Waals surface area contributed by atoms with E-state index in [0.29, 0.717) is 18.5 Å². The second-order valence-electron chi connectivity index (χ2n) is 5.08. The number of rotatable bonds is 5. The minimum atomic E-state index is -0.0925. The maximum Gasteiger partial charge on any atom is 0.251 e. The summed E-state index contributed by atoms with van der Waals surface area (Å²) >= 11 is 1.55. The Hall–Kier alpha value is -2.47. The van der Waals surface area contributed by atoms with Crippen molar-refractivity contribution in [1.82, 2.24) is 15.5 Å². The van der Waals surface area contributed by atoms with Crippen LogP contribution < -0.4 is 10.1 Å². The molecule has 0 spiro atoms. The first-order valence-electron chi connectivity index (χ1n) is 7.32. The predicted molar refractivity (Wildman–Crippen MR) is 91.2 cm³/mol. The molecule has 1 amide bonds. The SMILES string of the molecule is COc1ccc(C(=O)NCCc2nnc(C)s2)c2ccccc12. The molecule has 23 heavy (non-hydrogen) atoms. The zero-order valence-electron chi connectivity index (χ0n) is 13.0. The van der Waals surface area contributed by atoms with E-state index in [-0.39, 0.29) is 5.91 Å². The van der Waals surface area contributed by atoms with Crippen molar-refractivity contribution in [3.05, 3.63) is 52.0 Å². The highest BCUT2D eigenvalue weighted by Gasteiger charge is 2.12. The zero-order valence-corrected chi connectivity index (χ0v) is 13.8. The lowest BCUT2D eigenvalue weighted by atomic mass is 10.0. The Bertz CT molecular complexity index is 845. The van der Waals surface area contributed by atoms with Gasteiger partial charge in [-0.15, -0.1) is 21.5 Å². The highest BCUT2D eigenvalue weighted by Crippen LogP contribution is 2.28. The number of nitrogens with one attached hydrogen (secondary N) is 1. The summed E-state index contributed by atoms with van der Waals surface area (Å²) in [5, 5.41) is 14.7. The number of hydrogen-bond donors (Lipinski definition) is 1. The molecule has 1 aromatic heterocycles. The van der Waals surface area contributed by atoms with Crippen LogP contribution in [0, 0.1) is 6.92 Å². The Labute approximate surface area is 138 Å². The number of ether oxygens (including phenoxy) is 1. The zero-order chi connectivity index (χ0) is 16.2. The van der Waals surface area contributed by atoms with Crippen LogP contribution in [0.1, 0.15) is 20.4 Å². The maximum atomic E-state index is 12.5. The van der Waals surface area contributed by atoms with E-state index >= 15 is 0 Å². The average molecular weight is 327 g/mol. The van der Waals surface area contributed by atoms with Gasteiger partial charge in [0.2, 0.25) is 0 Å². The third kappa shape index (κ3) is 3.32. The van der Waals surface area contributed by atoms with Gasteiger partial charge < -0.3 is 10.1 Å². The van der Waals surface area contributed by atoms with Gasteiger partial charge in [-0.25, -0.2) is 0 Å². The number of fused-ring (bicyclic) bond motifs is 1. The lowest BCUT2D eigenvalue weighted by molar-refractivity contribution is 0.0956. The van der Waals surface area contributed by atoms with Crippen molar-refractivity contribution in [3.8, 4) is 5.75 Å². The van der Waals surface area contributed by atoms with E-state index in [4.69, 9.17) is 4.74 Å². The first kappa shape index (κ1) is 15.4. The van der Waals surface area contributed by atoms with Crippen LogP contribution in [0.25, 0.3) is 10.8 Å². The highest BCUT2D eigenvalue weighted by molar-refractivity contribution is 7.11. The van der Waals surface area contributed by atoms with Crippen molar-refractivity contribution in [2.45, 2.75) is 13.3 Å². The first-order chi connectivity index (χ1) is 11.2. The molecule has 0 aliphatic heterocycles. The van der Waals surface area contributed by atoms with Crippen LogP contribution in [0.2, 0.25) is 0 Å². The van der Waals surface area contributed by atoms with Gasteiger partial charge in [0, 0.05) is 23.9 Å². The third-order valence-electron chi connectivity index (χ3n) is 3.54. The number of hydrogen-bond acceptors (Lipinski definition) is 5. The van der Waals surface area contributed by atoms with Crippen LogP contribution in [0.4, 0.5) is 0 Å². The van der Waals surface area contributed by atoms with E-state index in [2.05, 4.69) is 15.5 Å². The molecule has 6 heteroatoms. The lowest BCUT2D eigenvalue weighted by Crippen LogP contribution is -2.25. The molecule has 0 radical (unpaired) electrons. The van der Waals surface area contributed by atoms with Crippen molar-refractivity contribution in [1.29, 1.82) is 0 Å². The maximum absolute atomic E-state index is 12.5. The van der Waals surface area contributed by atoms with Gasteiger partial charge >= 0.3 is 0 Å². The molecule has 0 aliphatic rings. The molecule has 0 atom stereocenters. The summed E-state index contributed by atoms with van der Waals surface area (Å²) in [5.74, 6) is 0.673. The van der Waals surface area contributed by atoms with Gasteiger partial charge in [0.05, 0.1) is 7.11 Å². The molecule has 3 aromatic rings. The summed E-state index contributed by atoms with van der Waals surface area (Å²) in [6.07, 6.45) is 0.686. The summed E-state index contributed by atoms with van der Waals surface area (Å²) in [6.45, 7) is 2.46. The highest BCUT2D eigenvalue weighted by atomic mass is 32.1. The van der Waals surface area contributed by atoms with Gasteiger partial charge in [-0.1, -0.05) is 24.3 Å². The van der Waals surface area contributed by atoms with Gasteiger partial charge in [-0.05, 0) is 24.4 Å².